The largest absolute Gasteiger partial charge is 0.465 e. The SMILES string of the molecule is C/C=C(/c1scc(C(=O)NCc2c(C)cc(C)[nH]c2=O)c1C)C1CCC(NC(=O)O)CC1. The van der Waals surface area contributed by atoms with E-state index in [0.29, 0.717) is 17.0 Å². The summed E-state index contributed by atoms with van der Waals surface area (Å²) >= 11 is 1.57. The molecule has 0 unspecified atom stereocenters. The molecule has 1 fully saturated rings. The standard InChI is InChI=1S/C24H31N3O4S/c1-5-18(16-6-8-17(9-7-16)27-24(30)31)21-15(4)20(12-32-21)22(28)25-11-19-13(2)10-14(3)26-23(19)29/h5,10,12,16-17,27H,6-9,11H2,1-4H3,(H,25,28)(H,26,29)(H,30,31)/b18-5+. The molecule has 1 aliphatic carbocycles. The summed E-state index contributed by atoms with van der Waals surface area (Å²) in [4.78, 5) is 39.9. The van der Waals surface area contributed by atoms with E-state index in [2.05, 4.69) is 21.7 Å². The van der Waals surface area contributed by atoms with E-state index in [1.807, 2.05) is 39.1 Å². The average Bonchev–Trinajstić information content (AvgIpc) is 3.10. The minimum atomic E-state index is -0.965. The van der Waals surface area contributed by atoms with Gasteiger partial charge in [-0.1, -0.05) is 6.08 Å². The van der Waals surface area contributed by atoms with Crippen molar-refractivity contribution in [3.05, 3.63) is 60.7 Å². The van der Waals surface area contributed by atoms with Gasteiger partial charge in [-0.05, 0) is 82.1 Å². The molecular formula is C24H31N3O4S. The molecule has 0 spiro atoms. The third-order valence-corrected chi connectivity index (χ3v) is 7.40. The van der Waals surface area contributed by atoms with Crippen LogP contribution in [-0.2, 0) is 6.54 Å². The Hall–Kier alpha value is -2.87. The van der Waals surface area contributed by atoms with E-state index in [4.69, 9.17) is 5.11 Å². The summed E-state index contributed by atoms with van der Waals surface area (Å²) in [6, 6.07) is 1.91. The molecule has 2 heterocycles. The highest BCUT2D eigenvalue weighted by molar-refractivity contribution is 7.11. The molecule has 0 radical (unpaired) electrons. The fourth-order valence-corrected chi connectivity index (χ4v) is 5.79. The monoisotopic (exact) mass is 457 g/mol. The normalized spacial score (nSPS) is 18.9. The Morgan fingerprint density at radius 3 is 2.50 bits per heavy atom. The minimum absolute atomic E-state index is 0.0148. The Morgan fingerprint density at radius 1 is 1.22 bits per heavy atom. The molecule has 2 aromatic heterocycles. The van der Waals surface area contributed by atoms with Crippen molar-refractivity contribution in [3.63, 3.8) is 0 Å². The van der Waals surface area contributed by atoms with Gasteiger partial charge in [-0.15, -0.1) is 11.3 Å². The van der Waals surface area contributed by atoms with E-state index in [-0.39, 0.29) is 24.1 Å². The number of carbonyl (C=O) groups excluding carboxylic acids is 1. The topological polar surface area (TPSA) is 111 Å². The smallest absolute Gasteiger partial charge is 0.404 e. The molecule has 2 amide bonds. The molecule has 0 saturated heterocycles. The zero-order valence-corrected chi connectivity index (χ0v) is 19.8. The zero-order valence-electron chi connectivity index (χ0n) is 19.0. The molecule has 4 N–H and O–H groups in total. The molecule has 3 rings (SSSR count). The number of hydrogen-bond acceptors (Lipinski definition) is 4. The number of hydrogen-bond donors (Lipinski definition) is 4. The molecule has 0 atom stereocenters. The van der Waals surface area contributed by atoms with Crippen molar-refractivity contribution < 1.29 is 14.7 Å². The van der Waals surface area contributed by atoms with Crippen LogP contribution in [0.25, 0.3) is 5.57 Å². The molecule has 0 aromatic carbocycles. The van der Waals surface area contributed by atoms with Crippen LogP contribution in [0.4, 0.5) is 4.79 Å². The van der Waals surface area contributed by atoms with Crippen LogP contribution in [0.5, 0.6) is 0 Å². The second-order valence-corrected chi connectivity index (χ2v) is 9.35. The van der Waals surface area contributed by atoms with Crippen LogP contribution in [-0.4, -0.2) is 28.1 Å². The van der Waals surface area contributed by atoms with Gasteiger partial charge in [-0.2, -0.15) is 0 Å². The molecule has 7 nitrogen and oxygen atoms in total. The van der Waals surface area contributed by atoms with Crippen molar-refractivity contribution in [2.75, 3.05) is 0 Å². The fourth-order valence-electron chi connectivity index (χ4n) is 4.57. The Morgan fingerprint density at radius 2 is 1.91 bits per heavy atom. The number of carboxylic acid groups (broad SMARTS) is 1. The minimum Gasteiger partial charge on any atom is -0.465 e. The third kappa shape index (κ3) is 5.30. The Labute approximate surface area is 192 Å². The van der Waals surface area contributed by atoms with Gasteiger partial charge in [0.1, 0.15) is 0 Å². The molecule has 0 aliphatic heterocycles. The van der Waals surface area contributed by atoms with Crippen LogP contribution < -0.4 is 16.2 Å². The number of aromatic nitrogens is 1. The van der Waals surface area contributed by atoms with E-state index < -0.39 is 6.09 Å². The number of carbonyl (C=O) groups is 2. The first-order valence-corrected chi connectivity index (χ1v) is 11.8. The van der Waals surface area contributed by atoms with Gasteiger partial charge >= 0.3 is 6.09 Å². The van der Waals surface area contributed by atoms with E-state index in [0.717, 1.165) is 47.4 Å². The van der Waals surface area contributed by atoms with Crippen molar-refractivity contribution in [1.29, 1.82) is 0 Å². The van der Waals surface area contributed by atoms with Crippen LogP contribution in [0.15, 0.2) is 22.3 Å². The second-order valence-electron chi connectivity index (χ2n) is 8.47. The lowest BCUT2D eigenvalue weighted by atomic mass is 9.80. The van der Waals surface area contributed by atoms with Crippen molar-refractivity contribution in [2.24, 2.45) is 5.92 Å². The van der Waals surface area contributed by atoms with Gasteiger partial charge in [-0.3, -0.25) is 9.59 Å². The molecule has 1 saturated carbocycles. The molecule has 2 aromatic rings. The second kappa shape index (κ2) is 10.2. The number of H-pyrrole nitrogens is 1. The lowest BCUT2D eigenvalue weighted by Gasteiger charge is -2.30. The maximum absolute atomic E-state index is 12.9. The predicted octanol–water partition coefficient (Wildman–Crippen LogP) is 4.52. The summed E-state index contributed by atoms with van der Waals surface area (Å²) < 4.78 is 0. The van der Waals surface area contributed by atoms with Gasteiger partial charge in [0.25, 0.3) is 11.5 Å². The van der Waals surface area contributed by atoms with Crippen LogP contribution in [0, 0.1) is 26.7 Å². The van der Waals surface area contributed by atoms with Gasteiger partial charge < -0.3 is 20.7 Å². The molecule has 32 heavy (non-hydrogen) atoms. The van der Waals surface area contributed by atoms with Crippen LogP contribution in [0.2, 0.25) is 0 Å². The van der Waals surface area contributed by atoms with Crippen LogP contribution in [0.1, 0.15) is 70.2 Å². The number of aryl methyl sites for hydroxylation is 2. The number of rotatable bonds is 6. The van der Waals surface area contributed by atoms with Crippen LogP contribution in [0.3, 0.4) is 0 Å². The number of aromatic amines is 1. The summed E-state index contributed by atoms with van der Waals surface area (Å²) in [5.41, 5.74) is 4.86. The lowest BCUT2D eigenvalue weighted by molar-refractivity contribution is 0.0950. The average molecular weight is 458 g/mol. The maximum Gasteiger partial charge on any atom is 0.404 e. The fraction of sp³-hybridized carbons (Fsp3) is 0.458. The molecule has 8 heteroatoms. The number of pyridine rings is 1. The lowest BCUT2D eigenvalue weighted by Crippen LogP contribution is -2.36. The van der Waals surface area contributed by atoms with E-state index >= 15 is 0 Å². The highest BCUT2D eigenvalue weighted by Crippen LogP contribution is 2.40. The summed E-state index contributed by atoms with van der Waals surface area (Å²) in [5, 5.41) is 16.3. The molecular weight excluding hydrogens is 426 g/mol. The van der Waals surface area contributed by atoms with Crippen molar-refractivity contribution in [3.8, 4) is 0 Å². The molecule has 0 bridgehead atoms. The molecule has 1 aliphatic rings. The molecule has 172 valence electrons. The maximum atomic E-state index is 12.9. The van der Waals surface area contributed by atoms with Gasteiger partial charge in [0.15, 0.2) is 0 Å². The van der Waals surface area contributed by atoms with E-state index in [9.17, 15) is 14.4 Å². The highest BCUT2D eigenvalue weighted by Gasteiger charge is 2.27. The number of amides is 2. The zero-order chi connectivity index (χ0) is 23.4. The van der Waals surface area contributed by atoms with Gasteiger partial charge in [0.05, 0.1) is 5.56 Å². The van der Waals surface area contributed by atoms with E-state index in [1.54, 1.807) is 11.3 Å². The quantitative estimate of drug-likeness (QED) is 0.511. The first kappa shape index (κ1) is 23.8. The van der Waals surface area contributed by atoms with Crippen molar-refractivity contribution in [1.82, 2.24) is 15.6 Å². The number of thiophene rings is 1. The van der Waals surface area contributed by atoms with Gasteiger partial charge in [-0.25, -0.2) is 4.79 Å². The summed E-state index contributed by atoms with van der Waals surface area (Å²) in [6.07, 6.45) is 4.61. The van der Waals surface area contributed by atoms with E-state index in [1.165, 1.54) is 5.57 Å². The predicted molar refractivity (Wildman–Crippen MR) is 127 cm³/mol. The van der Waals surface area contributed by atoms with Gasteiger partial charge in [0, 0.05) is 34.1 Å². The summed E-state index contributed by atoms with van der Waals surface area (Å²) in [5.74, 6) is 0.170. The highest BCUT2D eigenvalue weighted by atomic mass is 32.1. The summed E-state index contributed by atoms with van der Waals surface area (Å²) in [7, 11) is 0. The van der Waals surface area contributed by atoms with Gasteiger partial charge in [0.2, 0.25) is 0 Å². The van der Waals surface area contributed by atoms with Crippen molar-refractivity contribution >= 4 is 28.9 Å². The third-order valence-electron chi connectivity index (χ3n) is 6.27. The van der Waals surface area contributed by atoms with Crippen LogP contribution >= 0.6 is 11.3 Å². The Balaban J connectivity index is 1.69. The Bertz CT molecular complexity index is 1090. The Kier molecular flexibility index (Phi) is 7.56. The first-order chi connectivity index (χ1) is 15.2. The van der Waals surface area contributed by atoms with Crippen molar-refractivity contribution in [2.45, 2.75) is 66.0 Å². The summed E-state index contributed by atoms with van der Waals surface area (Å²) in [6.45, 7) is 7.87. The number of nitrogens with one attached hydrogen (secondary N) is 3. The number of allylic oxidation sites excluding steroid dienone is 2. The first-order valence-electron chi connectivity index (χ1n) is 10.9.